The van der Waals surface area contributed by atoms with Crippen LogP contribution in [0.3, 0.4) is 0 Å². The highest BCUT2D eigenvalue weighted by Crippen LogP contribution is 2.20. The highest BCUT2D eigenvalue weighted by molar-refractivity contribution is 5.78. The Hall–Kier alpha value is -1.43. The van der Waals surface area contributed by atoms with E-state index in [9.17, 15) is 4.79 Å². The average Bonchev–Trinajstić information content (AvgIpc) is 2.69. The summed E-state index contributed by atoms with van der Waals surface area (Å²) in [6, 6.07) is 16.1. The lowest BCUT2D eigenvalue weighted by atomic mass is 9.97. The van der Waals surface area contributed by atoms with Crippen molar-refractivity contribution < 1.29 is 38.1 Å². The van der Waals surface area contributed by atoms with Gasteiger partial charge < -0.3 is 28.7 Å². The minimum atomic E-state index is -0.133. The molecule has 0 N–H and O–H groups in total. The van der Waals surface area contributed by atoms with Crippen LogP contribution in [0.2, 0.25) is 0 Å². The number of hydrogen-bond acceptors (Lipinski definition) is 2. The van der Waals surface area contributed by atoms with E-state index in [0.29, 0.717) is 6.61 Å². The molecule has 0 saturated carbocycles. The quantitative estimate of drug-likeness (QED) is 0.201. The van der Waals surface area contributed by atoms with Gasteiger partial charge in [-0.15, -0.1) is 0 Å². The third-order valence-corrected chi connectivity index (χ3v) is 4.73. The van der Waals surface area contributed by atoms with E-state index in [4.69, 9.17) is 4.74 Å². The molecule has 0 bridgehead atoms. The largest absolute Gasteiger partial charge is 1.00 e. The monoisotopic (exact) mass is 481 g/mol. The van der Waals surface area contributed by atoms with Gasteiger partial charge in [0.2, 0.25) is 0 Å². The van der Waals surface area contributed by atoms with E-state index in [1.807, 2.05) is 43.3 Å². The number of hydrogen-bond donors (Lipinski definition) is 0. The number of ether oxygens (including phenoxy) is 1. The number of aryl methyl sites for hydroxylation is 1. The molecule has 0 amide bonds. The average molecular weight is 481 g/mol. The summed E-state index contributed by atoms with van der Waals surface area (Å²) in [4.78, 5) is 12.3. The standard InChI is InChI=1S/C23H32NO2.HI/c1-2-22(21-15-9-7-10-16-21)23(25)26-20-14-6-4-3-5-11-17-24-18-12-8-13-19-24;/h7-10,12-13,15-16,18-19,22H,2-6,11,14,17,20H2,1H3;1H/q+1;/p-1/t22-;/m1./s1. The first kappa shape index (κ1) is 23.6. The molecule has 27 heavy (non-hydrogen) atoms. The molecule has 148 valence electrons. The van der Waals surface area contributed by atoms with Crippen molar-refractivity contribution in [2.24, 2.45) is 0 Å². The molecule has 0 aliphatic rings. The number of esters is 1. The molecule has 0 saturated heterocycles. The topological polar surface area (TPSA) is 30.2 Å². The van der Waals surface area contributed by atoms with Crippen LogP contribution in [0.15, 0.2) is 60.9 Å². The minimum absolute atomic E-state index is 0. The summed E-state index contributed by atoms with van der Waals surface area (Å²) in [6.07, 6.45) is 12.1. The van der Waals surface area contributed by atoms with E-state index in [1.54, 1.807) is 0 Å². The van der Waals surface area contributed by atoms with Crippen molar-refractivity contribution in [3.05, 3.63) is 66.5 Å². The molecule has 1 aromatic carbocycles. The van der Waals surface area contributed by atoms with Gasteiger partial charge >= 0.3 is 5.97 Å². The van der Waals surface area contributed by atoms with Gasteiger partial charge in [0.05, 0.1) is 12.5 Å². The summed E-state index contributed by atoms with van der Waals surface area (Å²) in [5.41, 5.74) is 1.05. The van der Waals surface area contributed by atoms with E-state index in [0.717, 1.165) is 31.4 Å². The first-order valence-electron chi connectivity index (χ1n) is 9.97. The Labute approximate surface area is 181 Å². The van der Waals surface area contributed by atoms with Crippen molar-refractivity contribution >= 4 is 5.97 Å². The molecule has 1 heterocycles. The van der Waals surface area contributed by atoms with Gasteiger partial charge in [-0.25, -0.2) is 4.57 Å². The van der Waals surface area contributed by atoms with Crippen LogP contribution in [-0.4, -0.2) is 12.6 Å². The first-order valence-corrected chi connectivity index (χ1v) is 9.97. The minimum Gasteiger partial charge on any atom is -1.00 e. The molecule has 0 spiro atoms. The van der Waals surface area contributed by atoms with Crippen molar-refractivity contribution in [2.75, 3.05) is 6.61 Å². The number of benzene rings is 1. The van der Waals surface area contributed by atoms with Crippen LogP contribution in [0.1, 0.15) is 63.4 Å². The zero-order valence-electron chi connectivity index (χ0n) is 16.4. The molecule has 0 aliphatic heterocycles. The second-order valence-corrected chi connectivity index (χ2v) is 6.77. The predicted octanol–water partition coefficient (Wildman–Crippen LogP) is 2.06. The summed E-state index contributed by atoms with van der Waals surface area (Å²) >= 11 is 0. The number of rotatable bonds is 12. The number of unbranched alkanes of at least 4 members (excludes halogenated alkanes) is 5. The molecule has 1 aromatic heterocycles. The number of carbonyl (C=O) groups is 1. The lowest BCUT2D eigenvalue weighted by Gasteiger charge is -2.14. The van der Waals surface area contributed by atoms with Crippen LogP contribution in [-0.2, 0) is 16.1 Å². The zero-order valence-corrected chi connectivity index (χ0v) is 18.5. The molecular formula is C23H32INO2. The molecule has 0 fully saturated rings. The second kappa shape index (κ2) is 14.6. The molecule has 3 nitrogen and oxygen atoms in total. The van der Waals surface area contributed by atoms with Gasteiger partial charge in [-0.05, 0) is 24.8 Å². The number of halogens is 1. The molecular weight excluding hydrogens is 449 g/mol. The van der Waals surface area contributed by atoms with Crippen molar-refractivity contribution in [1.82, 2.24) is 0 Å². The lowest BCUT2D eigenvalue weighted by molar-refractivity contribution is -0.697. The number of carbonyl (C=O) groups excluding carboxylic acids is 1. The fourth-order valence-corrected chi connectivity index (χ4v) is 3.18. The van der Waals surface area contributed by atoms with Crippen molar-refractivity contribution in [3.8, 4) is 0 Å². The van der Waals surface area contributed by atoms with Gasteiger partial charge in [0.15, 0.2) is 12.4 Å². The highest BCUT2D eigenvalue weighted by Gasteiger charge is 2.19. The number of aromatic nitrogens is 1. The molecule has 0 radical (unpaired) electrons. The van der Waals surface area contributed by atoms with Crippen LogP contribution in [0.25, 0.3) is 0 Å². The Morgan fingerprint density at radius 3 is 2.15 bits per heavy atom. The van der Waals surface area contributed by atoms with Crippen LogP contribution < -0.4 is 28.5 Å². The number of nitrogens with zero attached hydrogens (tertiary/aromatic N) is 1. The van der Waals surface area contributed by atoms with Crippen LogP contribution in [0, 0.1) is 0 Å². The molecule has 0 aliphatic carbocycles. The van der Waals surface area contributed by atoms with Gasteiger partial charge in [-0.3, -0.25) is 4.79 Å². The smallest absolute Gasteiger partial charge is 0.313 e. The molecule has 1 atom stereocenters. The summed E-state index contributed by atoms with van der Waals surface area (Å²) < 4.78 is 7.73. The third-order valence-electron chi connectivity index (χ3n) is 4.73. The molecule has 2 aromatic rings. The van der Waals surface area contributed by atoms with E-state index in [-0.39, 0.29) is 35.9 Å². The lowest BCUT2D eigenvalue weighted by Crippen LogP contribution is -3.00. The molecule has 0 unspecified atom stereocenters. The maximum Gasteiger partial charge on any atom is 0.313 e. The van der Waals surface area contributed by atoms with Gasteiger partial charge in [-0.2, -0.15) is 0 Å². The van der Waals surface area contributed by atoms with Crippen molar-refractivity contribution in [3.63, 3.8) is 0 Å². The Morgan fingerprint density at radius 2 is 1.48 bits per heavy atom. The van der Waals surface area contributed by atoms with Crippen LogP contribution in [0.5, 0.6) is 0 Å². The Kier molecular flexibility index (Phi) is 12.8. The van der Waals surface area contributed by atoms with Gasteiger partial charge in [0, 0.05) is 18.6 Å². The Balaban J connectivity index is 0.00000364. The fourth-order valence-electron chi connectivity index (χ4n) is 3.18. The van der Waals surface area contributed by atoms with Crippen LogP contribution in [0.4, 0.5) is 0 Å². The first-order chi connectivity index (χ1) is 12.8. The third kappa shape index (κ3) is 9.36. The summed E-state index contributed by atoms with van der Waals surface area (Å²) in [6.45, 7) is 3.67. The highest BCUT2D eigenvalue weighted by atomic mass is 127. The van der Waals surface area contributed by atoms with Crippen LogP contribution >= 0.6 is 0 Å². The SMILES string of the molecule is CC[C@@H](C(=O)OCCCCCCCC[n+]1ccccc1)c1ccccc1.[I-]. The van der Waals surface area contributed by atoms with Crippen molar-refractivity contribution in [1.29, 1.82) is 0 Å². The number of pyridine rings is 1. The van der Waals surface area contributed by atoms with Gasteiger partial charge in [-0.1, -0.05) is 62.6 Å². The zero-order chi connectivity index (χ0) is 18.5. The molecule has 2 rings (SSSR count). The van der Waals surface area contributed by atoms with Gasteiger partial charge in [0.1, 0.15) is 6.54 Å². The van der Waals surface area contributed by atoms with E-state index in [1.165, 1.54) is 25.7 Å². The second-order valence-electron chi connectivity index (χ2n) is 6.77. The Bertz CT molecular complexity index is 619. The Morgan fingerprint density at radius 1 is 0.889 bits per heavy atom. The molecule has 4 heteroatoms. The maximum absolute atomic E-state index is 12.3. The van der Waals surface area contributed by atoms with Gasteiger partial charge in [0.25, 0.3) is 0 Å². The summed E-state index contributed by atoms with van der Waals surface area (Å²) in [5.74, 6) is -0.217. The summed E-state index contributed by atoms with van der Waals surface area (Å²) in [7, 11) is 0. The fraction of sp³-hybridized carbons (Fsp3) is 0.478. The van der Waals surface area contributed by atoms with E-state index < -0.39 is 0 Å². The normalized spacial score (nSPS) is 11.4. The summed E-state index contributed by atoms with van der Waals surface area (Å²) in [5, 5.41) is 0. The van der Waals surface area contributed by atoms with Crippen molar-refractivity contribution in [2.45, 2.75) is 64.3 Å². The van der Waals surface area contributed by atoms with E-state index >= 15 is 0 Å². The predicted molar refractivity (Wildman–Crippen MR) is 105 cm³/mol. The van der Waals surface area contributed by atoms with E-state index in [2.05, 4.69) is 29.1 Å². The maximum atomic E-state index is 12.3.